The number of rotatable bonds is 0. The van der Waals surface area contributed by atoms with E-state index in [9.17, 15) is 14.7 Å². The molecule has 3 aliphatic heterocycles. The SMILES string of the molecule is O=C1c2c(O)c(=O)ccn2N2CN1C1(/C=C/COc3cccc4c3C2c2ccccc2SC4)CC1. The quantitative estimate of drug-likeness (QED) is 0.489. The molecule has 1 atom stereocenters. The largest absolute Gasteiger partial charge is 0.502 e. The van der Waals surface area contributed by atoms with Gasteiger partial charge < -0.3 is 14.7 Å². The molecule has 4 heterocycles. The molecule has 0 saturated heterocycles. The summed E-state index contributed by atoms with van der Waals surface area (Å²) >= 11 is 1.78. The number of hydrogen-bond donors (Lipinski definition) is 1. The predicted octanol–water partition coefficient (Wildman–Crippen LogP) is 3.78. The number of hydrogen-bond acceptors (Lipinski definition) is 6. The van der Waals surface area contributed by atoms with Crippen molar-refractivity contribution in [1.29, 1.82) is 0 Å². The van der Waals surface area contributed by atoms with Gasteiger partial charge in [0, 0.05) is 28.5 Å². The van der Waals surface area contributed by atoms with Crippen molar-refractivity contribution in [2.75, 3.05) is 18.3 Å². The number of carbonyl (C=O) groups is 1. The lowest BCUT2D eigenvalue weighted by Gasteiger charge is -2.46. The minimum absolute atomic E-state index is 0.0111. The summed E-state index contributed by atoms with van der Waals surface area (Å²) in [4.78, 5) is 29.2. The van der Waals surface area contributed by atoms with E-state index >= 15 is 0 Å². The lowest BCUT2D eigenvalue weighted by molar-refractivity contribution is 0.0605. The van der Waals surface area contributed by atoms with E-state index in [0.29, 0.717) is 13.3 Å². The molecule has 7 nitrogen and oxygen atoms in total. The van der Waals surface area contributed by atoms with Crippen LogP contribution in [-0.4, -0.2) is 39.4 Å². The molecule has 3 aromatic rings. The van der Waals surface area contributed by atoms with Crippen molar-refractivity contribution in [1.82, 2.24) is 9.58 Å². The summed E-state index contributed by atoms with van der Waals surface area (Å²) in [6.45, 7) is 0.716. The minimum Gasteiger partial charge on any atom is -0.502 e. The van der Waals surface area contributed by atoms with Gasteiger partial charge in [-0.15, -0.1) is 11.8 Å². The molecule has 1 saturated carbocycles. The van der Waals surface area contributed by atoms with E-state index in [1.165, 1.54) is 6.07 Å². The zero-order chi connectivity index (χ0) is 23.7. The van der Waals surface area contributed by atoms with Crippen molar-refractivity contribution in [2.45, 2.75) is 35.1 Å². The van der Waals surface area contributed by atoms with Crippen LogP contribution in [-0.2, 0) is 5.75 Å². The molecular weight excluding hydrogens is 462 g/mol. The molecule has 7 rings (SSSR count). The number of pyridine rings is 1. The number of fused-ring (bicyclic) bond motifs is 8. The lowest BCUT2D eigenvalue weighted by Crippen LogP contribution is -2.58. The van der Waals surface area contributed by atoms with Crippen LogP contribution in [0.3, 0.4) is 0 Å². The van der Waals surface area contributed by atoms with Crippen molar-refractivity contribution in [2.24, 2.45) is 0 Å². The van der Waals surface area contributed by atoms with Gasteiger partial charge in [-0.3, -0.25) is 19.3 Å². The number of thioether (sulfide) groups is 1. The van der Waals surface area contributed by atoms with Gasteiger partial charge in [0.15, 0.2) is 11.4 Å². The molecule has 35 heavy (non-hydrogen) atoms. The van der Waals surface area contributed by atoms with Crippen LogP contribution in [0, 0.1) is 0 Å². The molecule has 1 N–H and O–H groups in total. The Labute approximate surface area is 206 Å². The average molecular weight is 486 g/mol. The van der Waals surface area contributed by atoms with Crippen LogP contribution in [0.1, 0.15) is 46.1 Å². The highest BCUT2D eigenvalue weighted by Gasteiger charge is 2.52. The Balaban J connectivity index is 1.56. The molecule has 2 bridgehead atoms. The third-order valence-corrected chi connectivity index (χ3v) is 8.59. The van der Waals surface area contributed by atoms with E-state index in [-0.39, 0.29) is 17.6 Å². The predicted molar refractivity (Wildman–Crippen MR) is 133 cm³/mol. The summed E-state index contributed by atoms with van der Waals surface area (Å²) in [6.07, 6.45) is 7.30. The maximum atomic E-state index is 13.8. The second-order valence-corrected chi connectivity index (χ2v) is 10.4. The standard InChI is InChI=1S/C27H23N3O4S/c31-19-9-13-29-24(25(19)32)26(33)28-16-30(29)23-18-6-1-2-8-21(18)35-15-17-5-3-7-20(22(17)23)34-14-4-10-27(28)11-12-27/h1-10,13,23,32H,11-12,14-16H2/b10-4+. The van der Waals surface area contributed by atoms with Crippen molar-refractivity contribution in [3.05, 3.63) is 99.5 Å². The van der Waals surface area contributed by atoms with Crippen LogP contribution < -0.4 is 15.2 Å². The lowest BCUT2D eigenvalue weighted by atomic mass is 9.93. The molecule has 1 spiro atoms. The second kappa shape index (κ2) is 7.42. The van der Waals surface area contributed by atoms with E-state index in [4.69, 9.17) is 4.74 Å². The summed E-state index contributed by atoms with van der Waals surface area (Å²) < 4.78 is 8.00. The fourth-order valence-corrected chi connectivity index (χ4v) is 6.64. The normalized spacial score (nSPS) is 22.2. The highest BCUT2D eigenvalue weighted by molar-refractivity contribution is 7.98. The molecule has 176 valence electrons. The molecule has 1 aromatic heterocycles. The van der Waals surface area contributed by atoms with Gasteiger partial charge >= 0.3 is 0 Å². The molecule has 0 radical (unpaired) electrons. The molecular formula is C27H23N3O4S. The van der Waals surface area contributed by atoms with Crippen molar-refractivity contribution >= 4 is 17.7 Å². The highest BCUT2D eigenvalue weighted by Crippen LogP contribution is 2.49. The van der Waals surface area contributed by atoms with Crippen LogP contribution in [0.4, 0.5) is 0 Å². The number of aromatic nitrogens is 1. The Hall–Kier alpha value is -3.65. The van der Waals surface area contributed by atoms with Gasteiger partial charge in [0.2, 0.25) is 5.43 Å². The van der Waals surface area contributed by atoms with Gasteiger partial charge in [0.05, 0.1) is 5.54 Å². The molecule has 2 aromatic carbocycles. The smallest absolute Gasteiger partial charge is 0.278 e. The van der Waals surface area contributed by atoms with Gasteiger partial charge in [-0.05, 0) is 42.2 Å². The zero-order valence-corrected chi connectivity index (χ0v) is 19.7. The first kappa shape index (κ1) is 20.7. The summed E-state index contributed by atoms with van der Waals surface area (Å²) in [5.74, 6) is 0.751. The first-order valence-electron chi connectivity index (χ1n) is 11.7. The molecule has 8 heteroatoms. The van der Waals surface area contributed by atoms with Crippen molar-refractivity contribution in [3.63, 3.8) is 0 Å². The summed E-state index contributed by atoms with van der Waals surface area (Å²) in [5, 5.41) is 12.9. The van der Waals surface area contributed by atoms with Crippen molar-refractivity contribution < 1.29 is 14.6 Å². The van der Waals surface area contributed by atoms with Crippen LogP contribution in [0.15, 0.2) is 76.6 Å². The number of carbonyl (C=O) groups excluding carboxylic acids is 1. The topological polar surface area (TPSA) is 75.0 Å². The summed E-state index contributed by atoms with van der Waals surface area (Å²) in [6, 6.07) is 15.5. The van der Waals surface area contributed by atoms with Crippen LogP contribution in [0.5, 0.6) is 11.5 Å². The molecule has 4 aliphatic rings. The van der Waals surface area contributed by atoms with E-state index in [2.05, 4.69) is 29.3 Å². The first-order chi connectivity index (χ1) is 17.1. The van der Waals surface area contributed by atoms with E-state index in [0.717, 1.165) is 45.9 Å². The Morgan fingerprint density at radius 3 is 2.77 bits per heavy atom. The highest BCUT2D eigenvalue weighted by atomic mass is 32.2. The van der Waals surface area contributed by atoms with Gasteiger partial charge in [-0.25, -0.2) is 0 Å². The summed E-state index contributed by atoms with van der Waals surface area (Å²) in [7, 11) is 0. The molecule has 1 unspecified atom stereocenters. The van der Waals surface area contributed by atoms with Crippen molar-refractivity contribution in [3.8, 4) is 11.5 Å². The molecule has 1 fully saturated rings. The number of aromatic hydroxyl groups is 1. The Morgan fingerprint density at radius 1 is 1.06 bits per heavy atom. The zero-order valence-electron chi connectivity index (χ0n) is 18.9. The summed E-state index contributed by atoms with van der Waals surface area (Å²) in [5.41, 5.74) is 2.31. The van der Waals surface area contributed by atoms with Crippen LogP contribution in [0.2, 0.25) is 0 Å². The Morgan fingerprint density at radius 2 is 1.91 bits per heavy atom. The van der Waals surface area contributed by atoms with E-state index in [1.54, 1.807) is 22.6 Å². The fourth-order valence-electron chi connectivity index (χ4n) is 5.55. The van der Waals surface area contributed by atoms with Crippen LogP contribution >= 0.6 is 11.8 Å². The monoisotopic (exact) mass is 485 g/mol. The Bertz CT molecular complexity index is 1480. The van der Waals surface area contributed by atoms with Gasteiger partial charge in [0.1, 0.15) is 25.1 Å². The Kier molecular flexibility index (Phi) is 4.39. The number of nitrogens with zero attached hydrogens (tertiary/aromatic N) is 3. The number of benzene rings is 2. The van der Waals surface area contributed by atoms with E-state index in [1.807, 2.05) is 35.2 Å². The fraction of sp³-hybridized carbons (Fsp3) is 0.259. The number of ether oxygens (including phenoxy) is 1. The third kappa shape index (κ3) is 2.99. The maximum absolute atomic E-state index is 13.8. The number of amides is 1. The van der Waals surface area contributed by atoms with Gasteiger partial charge in [-0.2, -0.15) is 0 Å². The maximum Gasteiger partial charge on any atom is 0.278 e. The van der Waals surface area contributed by atoms with E-state index < -0.39 is 16.7 Å². The molecule has 1 aliphatic carbocycles. The third-order valence-electron chi connectivity index (χ3n) is 7.45. The molecule has 1 amide bonds. The first-order valence-corrected chi connectivity index (χ1v) is 12.7. The average Bonchev–Trinajstić information content (AvgIpc) is 3.67. The minimum atomic E-state index is -0.558. The van der Waals surface area contributed by atoms with Gasteiger partial charge in [0.25, 0.3) is 5.91 Å². The van der Waals surface area contributed by atoms with Gasteiger partial charge in [-0.1, -0.05) is 36.4 Å². The second-order valence-electron chi connectivity index (χ2n) is 9.41. The van der Waals surface area contributed by atoms with Crippen LogP contribution in [0.25, 0.3) is 0 Å².